The molecule has 118 valence electrons. The lowest BCUT2D eigenvalue weighted by molar-refractivity contribution is -0.142. The Bertz CT molecular complexity index is 491. The maximum Gasteiger partial charge on any atom is 0.315 e. The molecule has 0 aromatic carbocycles. The molecule has 1 atom stereocenters. The van der Waals surface area contributed by atoms with Crippen molar-refractivity contribution in [1.29, 1.82) is 0 Å². The average molecular weight is 297 g/mol. The van der Waals surface area contributed by atoms with E-state index in [1.54, 1.807) is 13.1 Å². The second-order valence-electron chi connectivity index (χ2n) is 6.23. The van der Waals surface area contributed by atoms with Gasteiger partial charge in [-0.1, -0.05) is 20.8 Å². The van der Waals surface area contributed by atoms with Crippen LogP contribution in [0.4, 0.5) is 4.79 Å². The third-order valence-electron chi connectivity index (χ3n) is 2.79. The highest BCUT2D eigenvalue weighted by molar-refractivity contribution is 5.75. The van der Waals surface area contributed by atoms with Gasteiger partial charge in [-0.15, -0.1) is 0 Å². The van der Waals surface area contributed by atoms with Gasteiger partial charge in [0.2, 0.25) is 5.89 Å². The third-order valence-corrected chi connectivity index (χ3v) is 2.79. The van der Waals surface area contributed by atoms with Crippen LogP contribution >= 0.6 is 0 Å². The molecule has 0 saturated heterocycles. The van der Waals surface area contributed by atoms with Crippen molar-refractivity contribution < 1.29 is 19.1 Å². The Morgan fingerprint density at radius 3 is 2.52 bits per heavy atom. The smallest absolute Gasteiger partial charge is 0.315 e. The van der Waals surface area contributed by atoms with E-state index in [1.807, 2.05) is 20.8 Å². The van der Waals surface area contributed by atoms with Crippen molar-refractivity contribution >= 4 is 12.0 Å². The Kier molecular flexibility index (Phi) is 5.75. The zero-order chi connectivity index (χ0) is 16.0. The fraction of sp³-hybridized carbons (Fsp3) is 0.643. The number of aromatic nitrogens is 1. The van der Waals surface area contributed by atoms with Gasteiger partial charge >= 0.3 is 12.0 Å². The molecule has 7 nitrogen and oxygen atoms in total. The lowest BCUT2D eigenvalue weighted by Gasteiger charge is -2.23. The summed E-state index contributed by atoms with van der Waals surface area (Å²) in [4.78, 5) is 26.8. The Balaban J connectivity index is 2.37. The number of carbonyl (C=O) groups excluding carboxylic acids is 1. The molecule has 0 saturated carbocycles. The molecule has 0 fully saturated rings. The number of urea groups is 1. The first-order chi connectivity index (χ1) is 9.67. The lowest BCUT2D eigenvalue weighted by atomic mass is 9.84. The van der Waals surface area contributed by atoms with E-state index in [9.17, 15) is 9.59 Å². The molecule has 0 radical (unpaired) electrons. The van der Waals surface area contributed by atoms with E-state index >= 15 is 0 Å². The van der Waals surface area contributed by atoms with E-state index < -0.39 is 17.9 Å². The normalized spacial score (nSPS) is 12.8. The molecule has 7 heteroatoms. The first-order valence-corrected chi connectivity index (χ1v) is 6.83. The number of carboxylic acids is 1. The summed E-state index contributed by atoms with van der Waals surface area (Å²) >= 11 is 0. The van der Waals surface area contributed by atoms with Gasteiger partial charge in [0.25, 0.3) is 0 Å². The molecule has 1 aromatic rings. The molecule has 21 heavy (non-hydrogen) atoms. The molecule has 0 aliphatic rings. The predicted molar refractivity (Wildman–Crippen MR) is 76.7 cm³/mol. The SMILES string of the molecule is Cc1cnc(CNC(=O)NCC(CC(C)(C)C)C(=O)O)o1. The highest BCUT2D eigenvalue weighted by Gasteiger charge is 2.24. The van der Waals surface area contributed by atoms with Crippen LogP contribution in [0.25, 0.3) is 0 Å². The summed E-state index contributed by atoms with van der Waals surface area (Å²) in [6.07, 6.45) is 2.06. The van der Waals surface area contributed by atoms with E-state index in [2.05, 4.69) is 15.6 Å². The summed E-state index contributed by atoms with van der Waals surface area (Å²) in [7, 11) is 0. The molecule has 0 aliphatic carbocycles. The topological polar surface area (TPSA) is 104 Å². The highest BCUT2D eigenvalue weighted by Crippen LogP contribution is 2.24. The molecule has 1 rings (SSSR count). The van der Waals surface area contributed by atoms with Crippen molar-refractivity contribution in [2.24, 2.45) is 11.3 Å². The Labute approximate surface area is 124 Å². The zero-order valence-corrected chi connectivity index (χ0v) is 12.9. The van der Waals surface area contributed by atoms with Gasteiger partial charge in [-0.25, -0.2) is 9.78 Å². The van der Waals surface area contributed by atoms with Crippen LogP contribution in [0.1, 0.15) is 38.8 Å². The minimum absolute atomic E-state index is 0.0864. The number of carboxylic acid groups (broad SMARTS) is 1. The fourth-order valence-corrected chi connectivity index (χ4v) is 1.90. The molecule has 0 bridgehead atoms. The number of aryl methyl sites for hydroxylation is 1. The minimum atomic E-state index is -0.909. The Hall–Kier alpha value is -2.05. The Morgan fingerprint density at radius 1 is 1.38 bits per heavy atom. The number of carbonyl (C=O) groups is 2. The number of oxazole rings is 1. The van der Waals surface area contributed by atoms with Crippen molar-refractivity contribution in [1.82, 2.24) is 15.6 Å². The van der Waals surface area contributed by atoms with Gasteiger partial charge in [-0.2, -0.15) is 0 Å². The first-order valence-electron chi connectivity index (χ1n) is 6.83. The van der Waals surface area contributed by atoms with Gasteiger partial charge < -0.3 is 20.2 Å². The first kappa shape index (κ1) is 17.0. The number of nitrogens with zero attached hydrogens (tertiary/aromatic N) is 1. The van der Waals surface area contributed by atoms with Crippen molar-refractivity contribution in [3.05, 3.63) is 17.8 Å². The van der Waals surface area contributed by atoms with Crippen LogP contribution < -0.4 is 10.6 Å². The number of amides is 2. The van der Waals surface area contributed by atoms with Crippen molar-refractivity contribution in [3.63, 3.8) is 0 Å². The number of hydrogen-bond acceptors (Lipinski definition) is 4. The molecule has 1 heterocycles. The molecular weight excluding hydrogens is 274 g/mol. The number of rotatable bonds is 6. The van der Waals surface area contributed by atoms with E-state index in [0.717, 1.165) is 0 Å². The number of hydrogen-bond donors (Lipinski definition) is 3. The van der Waals surface area contributed by atoms with E-state index in [1.165, 1.54) is 0 Å². The highest BCUT2D eigenvalue weighted by atomic mass is 16.4. The summed E-state index contributed by atoms with van der Waals surface area (Å²) in [6, 6.07) is -0.439. The second-order valence-corrected chi connectivity index (χ2v) is 6.23. The van der Waals surface area contributed by atoms with E-state index in [0.29, 0.717) is 18.1 Å². The van der Waals surface area contributed by atoms with Crippen LogP contribution in [0.2, 0.25) is 0 Å². The largest absolute Gasteiger partial charge is 0.481 e. The Morgan fingerprint density at radius 2 is 2.05 bits per heavy atom. The van der Waals surface area contributed by atoms with Gasteiger partial charge in [-0.3, -0.25) is 4.79 Å². The fourth-order valence-electron chi connectivity index (χ4n) is 1.90. The van der Waals surface area contributed by atoms with Crippen LogP contribution in [0.15, 0.2) is 10.6 Å². The van der Waals surface area contributed by atoms with E-state index in [-0.39, 0.29) is 18.5 Å². The molecule has 0 aliphatic heterocycles. The summed E-state index contributed by atoms with van der Waals surface area (Å²) < 4.78 is 5.22. The molecule has 1 aromatic heterocycles. The summed E-state index contributed by atoms with van der Waals surface area (Å²) in [5.41, 5.74) is -0.114. The van der Waals surface area contributed by atoms with Gasteiger partial charge in [0.1, 0.15) is 5.76 Å². The average Bonchev–Trinajstić information content (AvgIpc) is 2.76. The predicted octanol–water partition coefficient (Wildman–Crippen LogP) is 1.92. The summed E-state index contributed by atoms with van der Waals surface area (Å²) in [5, 5.41) is 14.3. The van der Waals surface area contributed by atoms with Crippen LogP contribution in [-0.4, -0.2) is 28.6 Å². The third kappa shape index (κ3) is 6.78. The van der Waals surface area contributed by atoms with Crippen molar-refractivity contribution in [2.75, 3.05) is 6.54 Å². The van der Waals surface area contributed by atoms with Gasteiger partial charge in [0.05, 0.1) is 18.7 Å². The van der Waals surface area contributed by atoms with Crippen molar-refractivity contribution in [3.8, 4) is 0 Å². The van der Waals surface area contributed by atoms with Gasteiger partial charge in [0.15, 0.2) is 0 Å². The van der Waals surface area contributed by atoms with Crippen LogP contribution in [0.5, 0.6) is 0 Å². The summed E-state index contributed by atoms with van der Waals surface area (Å²) in [5.74, 6) is -0.441. The molecule has 0 spiro atoms. The molecule has 2 amide bonds. The summed E-state index contributed by atoms with van der Waals surface area (Å²) in [6.45, 7) is 7.91. The standard InChI is InChI=1S/C14H23N3O4/c1-9-6-15-11(21-9)8-17-13(20)16-7-10(12(18)19)5-14(2,3)4/h6,10H,5,7-8H2,1-4H3,(H,18,19)(H2,16,17,20). The van der Waals surface area contributed by atoms with Crippen LogP contribution in [0.3, 0.4) is 0 Å². The molecular formula is C14H23N3O4. The second kappa shape index (κ2) is 7.10. The number of aliphatic carboxylic acids is 1. The van der Waals surface area contributed by atoms with Crippen LogP contribution in [0, 0.1) is 18.3 Å². The van der Waals surface area contributed by atoms with Gasteiger partial charge in [0, 0.05) is 6.54 Å². The van der Waals surface area contributed by atoms with Gasteiger partial charge in [-0.05, 0) is 18.8 Å². The maximum atomic E-state index is 11.6. The van der Waals surface area contributed by atoms with Crippen molar-refractivity contribution in [2.45, 2.75) is 40.7 Å². The lowest BCUT2D eigenvalue weighted by Crippen LogP contribution is -2.40. The minimum Gasteiger partial charge on any atom is -0.481 e. The quantitative estimate of drug-likeness (QED) is 0.744. The number of nitrogens with one attached hydrogen (secondary N) is 2. The monoisotopic (exact) mass is 297 g/mol. The maximum absolute atomic E-state index is 11.6. The van der Waals surface area contributed by atoms with E-state index in [4.69, 9.17) is 9.52 Å². The molecule has 1 unspecified atom stereocenters. The molecule has 3 N–H and O–H groups in total. The van der Waals surface area contributed by atoms with Crippen LogP contribution in [-0.2, 0) is 11.3 Å². The zero-order valence-electron chi connectivity index (χ0n) is 12.9.